The molecule has 2 aromatic carbocycles. The fourth-order valence-electron chi connectivity index (χ4n) is 1.73. The average Bonchev–Trinajstić information content (AvgIpc) is 2.50. The fourth-order valence-corrected chi connectivity index (χ4v) is 2.17. The van der Waals surface area contributed by atoms with Gasteiger partial charge in [-0.25, -0.2) is 4.79 Å². The zero-order valence-corrected chi connectivity index (χ0v) is 13.1. The quantitative estimate of drug-likeness (QED) is 0.672. The molecule has 2 N–H and O–H groups in total. The van der Waals surface area contributed by atoms with Crippen LogP contribution in [0.4, 0.5) is 5.69 Å². The normalized spacial score (nSPS) is 10.0. The predicted molar refractivity (Wildman–Crippen MR) is 83.0 cm³/mol. The van der Waals surface area contributed by atoms with Crippen LogP contribution in [-0.2, 0) is 4.74 Å². The summed E-state index contributed by atoms with van der Waals surface area (Å²) in [6.07, 6.45) is 0. The van der Waals surface area contributed by atoms with Gasteiger partial charge in [-0.2, -0.15) is 0 Å². The molecule has 21 heavy (non-hydrogen) atoms. The highest BCUT2D eigenvalue weighted by Gasteiger charge is 2.15. The Morgan fingerprint density at radius 2 is 1.90 bits per heavy atom. The van der Waals surface area contributed by atoms with Crippen LogP contribution in [0.15, 0.2) is 40.9 Å². The lowest BCUT2D eigenvalue weighted by Crippen LogP contribution is -2.06. The predicted octanol–water partition coefficient (Wildman–Crippen LogP) is 3.62. The van der Waals surface area contributed by atoms with E-state index in [0.717, 1.165) is 0 Å². The van der Waals surface area contributed by atoms with E-state index in [-0.39, 0.29) is 11.3 Å². The molecule has 0 fully saturated rings. The maximum Gasteiger partial charge on any atom is 0.340 e. The molecule has 110 valence electrons. The highest BCUT2D eigenvalue weighted by Crippen LogP contribution is 2.36. The largest absolute Gasteiger partial charge is 0.497 e. The van der Waals surface area contributed by atoms with E-state index in [1.54, 1.807) is 43.5 Å². The first-order valence-electron chi connectivity index (χ1n) is 6.05. The van der Waals surface area contributed by atoms with Gasteiger partial charge in [-0.1, -0.05) is 6.07 Å². The molecule has 0 aliphatic heterocycles. The number of esters is 1. The molecule has 0 bridgehead atoms. The maximum absolute atomic E-state index is 11.6. The third kappa shape index (κ3) is 3.28. The summed E-state index contributed by atoms with van der Waals surface area (Å²) >= 11 is 3.39. The van der Waals surface area contributed by atoms with E-state index in [9.17, 15) is 4.79 Å². The Labute approximate surface area is 130 Å². The minimum absolute atomic E-state index is 0.229. The van der Waals surface area contributed by atoms with Gasteiger partial charge in [-0.05, 0) is 46.3 Å². The average molecular weight is 352 g/mol. The van der Waals surface area contributed by atoms with Crippen molar-refractivity contribution in [2.24, 2.45) is 0 Å². The SMILES string of the molecule is COC(=O)c1cccc(Oc2ccc(OC)cc2Br)c1N. The lowest BCUT2D eigenvalue weighted by molar-refractivity contribution is 0.0601. The van der Waals surface area contributed by atoms with Gasteiger partial charge in [0.2, 0.25) is 0 Å². The van der Waals surface area contributed by atoms with E-state index in [2.05, 4.69) is 20.7 Å². The van der Waals surface area contributed by atoms with Crippen molar-refractivity contribution in [2.45, 2.75) is 0 Å². The molecule has 0 amide bonds. The summed E-state index contributed by atoms with van der Waals surface area (Å²) in [5.41, 5.74) is 6.44. The summed E-state index contributed by atoms with van der Waals surface area (Å²) < 4.78 is 16.2. The van der Waals surface area contributed by atoms with Crippen LogP contribution in [0, 0.1) is 0 Å². The van der Waals surface area contributed by atoms with Gasteiger partial charge in [0.15, 0.2) is 5.75 Å². The third-order valence-electron chi connectivity index (χ3n) is 2.83. The number of benzene rings is 2. The van der Waals surface area contributed by atoms with Gasteiger partial charge >= 0.3 is 5.97 Å². The van der Waals surface area contributed by atoms with Crippen molar-refractivity contribution >= 4 is 27.6 Å². The van der Waals surface area contributed by atoms with E-state index in [4.69, 9.17) is 15.2 Å². The molecule has 0 radical (unpaired) electrons. The Morgan fingerprint density at radius 1 is 1.14 bits per heavy atom. The number of halogens is 1. The van der Waals surface area contributed by atoms with Gasteiger partial charge in [0.25, 0.3) is 0 Å². The zero-order valence-electron chi connectivity index (χ0n) is 11.6. The Bertz CT molecular complexity index is 673. The van der Waals surface area contributed by atoms with Crippen molar-refractivity contribution in [1.29, 1.82) is 0 Å². The first-order valence-corrected chi connectivity index (χ1v) is 6.84. The van der Waals surface area contributed by atoms with Crippen LogP contribution >= 0.6 is 15.9 Å². The number of methoxy groups -OCH3 is 2. The van der Waals surface area contributed by atoms with Crippen molar-refractivity contribution < 1.29 is 19.0 Å². The molecule has 0 aliphatic rings. The van der Waals surface area contributed by atoms with Crippen LogP contribution in [0.1, 0.15) is 10.4 Å². The van der Waals surface area contributed by atoms with Crippen molar-refractivity contribution in [1.82, 2.24) is 0 Å². The van der Waals surface area contributed by atoms with Crippen molar-refractivity contribution in [3.05, 3.63) is 46.4 Å². The first-order chi connectivity index (χ1) is 10.1. The maximum atomic E-state index is 11.6. The van der Waals surface area contributed by atoms with Gasteiger partial charge in [-0.3, -0.25) is 0 Å². The number of nitrogen functional groups attached to an aromatic ring is 1. The van der Waals surface area contributed by atoms with Gasteiger partial charge in [-0.15, -0.1) is 0 Å². The molecular formula is C15H14BrNO4. The van der Waals surface area contributed by atoms with Crippen LogP contribution < -0.4 is 15.2 Å². The first kappa shape index (κ1) is 15.2. The molecule has 0 aromatic heterocycles. The lowest BCUT2D eigenvalue weighted by Gasteiger charge is -2.12. The van der Waals surface area contributed by atoms with Gasteiger partial charge < -0.3 is 19.9 Å². The van der Waals surface area contributed by atoms with Gasteiger partial charge in [0, 0.05) is 0 Å². The molecule has 0 unspecified atom stereocenters. The summed E-state index contributed by atoms with van der Waals surface area (Å²) in [5.74, 6) is 1.13. The van der Waals surface area contributed by atoms with E-state index in [1.165, 1.54) is 7.11 Å². The Balaban J connectivity index is 2.34. The molecule has 0 aliphatic carbocycles. The number of carbonyl (C=O) groups is 1. The number of hydrogen-bond acceptors (Lipinski definition) is 5. The number of rotatable bonds is 4. The molecule has 2 rings (SSSR count). The van der Waals surface area contributed by atoms with Crippen LogP contribution in [0.5, 0.6) is 17.2 Å². The van der Waals surface area contributed by atoms with Crippen molar-refractivity contribution in [3.63, 3.8) is 0 Å². The van der Waals surface area contributed by atoms with E-state index < -0.39 is 5.97 Å². The van der Waals surface area contributed by atoms with Crippen LogP contribution in [-0.4, -0.2) is 20.2 Å². The monoisotopic (exact) mass is 351 g/mol. The van der Waals surface area contributed by atoms with Crippen LogP contribution in [0.3, 0.4) is 0 Å². The number of para-hydroxylation sites is 1. The van der Waals surface area contributed by atoms with E-state index in [0.29, 0.717) is 21.7 Å². The highest BCUT2D eigenvalue weighted by atomic mass is 79.9. The summed E-state index contributed by atoms with van der Waals surface area (Å²) in [6, 6.07) is 10.2. The number of anilines is 1. The second-order valence-corrected chi connectivity index (χ2v) is 4.96. The van der Waals surface area contributed by atoms with E-state index >= 15 is 0 Å². The minimum atomic E-state index is -0.508. The number of carbonyl (C=O) groups excluding carboxylic acids is 1. The van der Waals surface area contributed by atoms with Gasteiger partial charge in [0.05, 0.1) is 29.9 Å². The molecule has 2 aromatic rings. The smallest absolute Gasteiger partial charge is 0.340 e. The second-order valence-electron chi connectivity index (χ2n) is 4.11. The third-order valence-corrected chi connectivity index (χ3v) is 3.45. The van der Waals surface area contributed by atoms with Crippen molar-refractivity contribution in [3.8, 4) is 17.2 Å². The van der Waals surface area contributed by atoms with Crippen LogP contribution in [0.25, 0.3) is 0 Å². The summed E-state index contributed by atoms with van der Waals surface area (Å²) in [6.45, 7) is 0. The Hall–Kier alpha value is -2.21. The van der Waals surface area contributed by atoms with E-state index in [1.807, 2.05) is 0 Å². The molecule has 6 heteroatoms. The lowest BCUT2D eigenvalue weighted by atomic mass is 10.1. The Morgan fingerprint density at radius 3 is 2.52 bits per heavy atom. The summed E-state index contributed by atoms with van der Waals surface area (Å²) in [5, 5.41) is 0. The van der Waals surface area contributed by atoms with Crippen LogP contribution in [0.2, 0.25) is 0 Å². The van der Waals surface area contributed by atoms with Gasteiger partial charge in [0.1, 0.15) is 11.5 Å². The number of ether oxygens (including phenoxy) is 3. The summed E-state index contributed by atoms with van der Waals surface area (Å²) in [4.78, 5) is 11.6. The Kier molecular flexibility index (Phi) is 4.70. The molecule has 5 nitrogen and oxygen atoms in total. The minimum Gasteiger partial charge on any atom is -0.497 e. The molecule has 0 saturated carbocycles. The van der Waals surface area contributed by atoms with Crippen molar-refractivity contribution in [2.75, 3.05) is 20.0 Å². The fraction of sp³-hybridized carbons (Fsp3) is 0.133. The topological polar surface area (TPSA) is 70.8 Å². The molecule has 0 atom stereocenters. The molecule has 0 heterocycles. The number of hydrogen-bond donors (Lipinski definition) is 1. The molecule has 0 saturated heterocycles. The molecular weight excluding hydrogens is 338 g/mol. The molecule has 0 spiro atoms. The number of nitrogens with two attached hydrogens (primary N) is 1. The highest BCUT2D eigenvalue weighted by molar-refractivity contribution is 9.10. The standard InChI is InChI=1S/C15H14BrNO4/c1-19-9-6-7-12(11(16)8-9)21-13-5-3-4-10(14(13)17)15(18)20-2/h3-8H,17H2,1-2H3. The zero-order chi connectivity index (χ0) is 15.4. The summed E-state index contributed by atoms with van der Waals surface area (Å²) in [7, 11) is 2.88. The second kappa shape index (κ2) is 6.49.